The van der Waals surface area contributed by atoms with Crippen LogP contribution in [0.2, 0.25) is 0 Å². The summed E-state index contributed by atoms with van der Waals surface area (Å²) in [6.07, 6.45) is 1.38. The van der Waals surface area contributed by atoms with Crippen LogP contribution in [0.1, 0.15) is 32.1 Å². The number of carbonyl (C=O) groups excluding carboxylic acids is 1. The fraction of sp³-hybridized carbons (Fsp3) is 0.727. The molecule has 0 heterocycles. The van der Waals surface area contributed by atoms with Gasteiger partial charge >= 0.3 is 18.0 Å². The predicted molar refractivity (Wildman–Crippen MR) is 63.6 cm³/mol. The molecule has 0 aliphatic heterocycles. The van der Waals surface area contributed by atoms with Gasteiger partial charge in [0.2, 0.25) is 0 Å². The number of nitrogens with one attached hydrogen (secondary N) is 2. The second-order valence-corrected chi connectivity index (χ2v) is 4.61. The smallest absolute Gasteiger partial charge is 0.326 e. The lowest BCUT2D eigenvalue weighted by atomic mass is 9.93. The fourth-order valence-electron chi connectivity index (χ4n) is 1.98. The molecule has 1 aliphatic rings. The van der Waals surface area contributed by atoms with Crippen LogP contribution in [0.3, 0.4) is 0 Å². The highest BCUT2D eigenvalue weighted by molar-refractivity contribution is 5.86. The Hall–Kier alpha value is -1.83. The van der Waals surface area contributed by atoms with Crippen molar-refractivity contribution < 1.29 is 29.7 Å². The van der Waals surface area contributed by atoms with Crippen molar-refractivity contribution in [2.75, 3.05) is 0 Å². The summed E-state index contributed by atoms with van der Waals surface area (Å²) in [6, 6.07) is -2.27. The van der Waals surface area contributed by atoms with Gasteiger partial charge in [0.1, 0.15) is 6.04 Å². The van der Waals surface area contributed by atoms with Gasteiger partial charge < -0.3 is 26.0 Å². The first kappa shape index (κ1) is 15.2. The number of urea groups is 1. The van der Waals surface area contributed by atoms with E-state index in [9.17, 15) is 19.5 Å². The van der Waals surface area contributed by atoms with Crippen molar-refractivity contribution >= 4 is 18.0 Å². The number of aliphatic hydroxyl groups excluding tert-OH is 1. The highest BCUT2D eigenvalue weighted by atomic mass is 16.4. The summed E-state index contributed by atoms with van der Waals surface area (Å²) in [4.78, 5) is 32.8. The molecule has 0 aromatic carbocycles. The zero-order valence-electron chi connectivity index (χ0n) is 10.3. The quantitative estimate of drug-likeness (QED) is 0.459. The fourth-order valence-corrected chi connectivity index (χ4v) is 1.98. The first-order valence-electron chi connectivity index (χ1n) is 6.08. The van der Waals surface area contributed by atoms with Crippen molar-refractivity contribution in [1.29, 1.82) is 0 Å². The van der Waals surface area contributed by atoms with Crippen molar-refractivity contribution in [3.63, 3.8) is 0 Å². The Morgan fingerprint density at radius 1 is 1.11 bits per heavy atom. The summed E-state index contributed by atoms with van der Waals surface area (Å²) in [5.41, 5.74) is 0. The molecule has 0 radical (unpaired) electrons. The number of rotatable bonds is 5. The SMILES string of the molecule is O=C(O)CC(NC(=O)NC1CCC(O)CC1)C(=O)O. The van der Waals surface area contributed by atoms with E-state index in [1.807, 2.05) is 0 Å². The molecule has 0 spiro atoms. The maximum Gasteiger partial charge on any atom is 0.326 e. The molecule has 8 nitrogen and oxygen atoms in total. The molecule has 0 bridgehead atoms. The van der Waals surface area contributed by atoms with Gasteiger partial charge in [0.05, 0.1) is 12.5 Å². The first-order valence-corrected chi connectivity index (χ1v) is 6.08. The molecule has 19 heavy (non-hydrogen) atoms. The highest BCUT2D eigenvalue weighted by Crippen LogP contribution is 2.18. The summed E-state index contributed by atoms with van der Waals surface area (Å²) in [5.74, 6) is -2.69. The number of hydrogen-bond acceptors (Lipinski definition) is 4. The largest absolute Gasteiger partial charge is 0.481 e. The minimum atomic E-state index is -1.45. The lowest BCUT2D eigenvalue weighted by Crippen LogP contribution is -2.50. The third-order valence-corrected chi connectivity index (χ3v) is 3.01. The first-order chi connectivity index (χ1) is 8.88. The van der Waals surface area contributed by atoms with Crippen LogP contribution in [0.15, 0.2) is 0 Å². The number of hydrogen-bond donors (Lipinski definition) is 5. The van der Waals surface area contributed by atoms with Gasteiger partial charge in [-0.2, -0.15) is 0 Å². The standard InChI is InChI=1S/C11H18N2O6/c14-7-3-1-6(2-4-7)12-11(19)13-8(10(17)18)5-9(15)16/h6-8,14H,1-5H2,(H,15,16)(H,17,18)(H2,12,13,19). The summed E-state index contributed by atoms with van der Waals surface area (Å²) in [5, 5.41) is 31.3. The van der Waals surface area contributed by atoms with Crippen LogP contribution < -0.4 is 10.6 Å². The van der Waals surface area contributed by atoms with Crippen LogP contribution in [-0.2, 0) is 9.59 Å². The van der Waals surface area contributed by atoms with E-state index in [2.05, 4.69) is 10.6 Å². The average Bonchev–Trinajstić information content (AvgIpc) is 2.30. The van der Waals surface area contributed by atoms with Gasteiger partial charge in [0.15, 0.2) is 0 Å². The van der Waals surface area contributed by atoms with Crippen molar-refractivity contribution in [3.8, 4) is 0 Å². The van der Waals surface area contributed by atoms with Crippen LogP contribution in [0, 0.1) is 0 Å². The topological polar surface area (TPSA) is 136 Å². The van der Waals surface area contributed by atoms with E-state index in [-0.39, 0.29) is 12.1 Å². The molecule has 2 amide bonds. The third kappa shape index (κ3) is 5.56. The summed E-state index contributed by atoms with van der Waals surface area (Å²) in [7, 11) is 0. The molecule has 1 atom stereocenters. The second kappa shape index (κ2) is 6.93. The molecule has 108 valence electrons. The summed E-state index contributed by atoms with van der Waals surface area (Å²) in [6.45, 7) is 0. The number of carbonyl (C=O) groups is 3. The van der Waals surface area contributed by atoms with Crippen molar-refractivity contribution in [1.82, 2.24) is 10.6 Å². The van der Waals surface area contributed by atoms with E-state index in [1.165, 1.54) is 0 Å². The molecule has 0 aromatic rings. The van der Waals surface area contributed by atoms with E-state index in [0.717, 1.165) is 0 Å². The molecular formula is C11H18N2O6. The van der Waals surface area contributed by atoms with Crippen molar-refractivity contribution in [2.45, 2.75) is 50.3 Å². The van der Waals surface area contributed by atoms with E-state index >= 15 is 0 Å². The molecule has 1 saturated carbocycles. The molecule has 0 saturated heterocycles. The maximum absolute atomic E-state index is 11.5. The van der Waals surface area contributed by atoms with Crippen LogP contribution in [0.4, 0.5) is 4.79 Å². The number of carboxylic acid groups (broad SMARTS) is 2. The minimum absolute atomic E-state index is 0.123. The molecule has 1 rings (SSSR count). The molecule has 1 aliphatic carbocycles. The van der Waals surface area contributed by atoms with Crippen LogP contribution in [0.5, 0.6) is 0 Å². The highest BCUT2D eigenvalue weighted by Gasteiger charge is 2.25. The number of aliphatic carboxylic acids is 2. The molecule has 5 N–H and O–H groups in total. The Balaban J connectivity index is 2.40. The average molecular weight is 274 g/mol. The number of amides is 2. The van der Waals surface area contributed by atoms with E-state index in [4.69, 9.17) is 10.2 Å². The minimum Gasteiger partial charge on any atom is -0.481 e. The van der Waals surface area contributed by atoms with Gasteiger partial charge in [-0.15, -0.1) is 0 Å². The van der Waals surface area contributed by atoms with Crippen LogP contribution in [-0.4, -0.2) is 51.5 Å². The zero-order chi connectivity index (χ0) is 14.4. The molecule has 0 aromatic heterocycles. The van der Waals surface area contributed by atoms with Crippen molar-refractivity contribution in [3.05, 3.63) is 0 Å². The molecule has 8 heteroatoms. The van der Waals surface area contributed by atoms with Crippen LogP contribution >= 0.6 is 0 Å². The van der Waals surface area contributed by atoms with Crippen LogP contribution in [0.25, 0.3) is 0 Å². The second-order valence-electron chi connectivity index (χ2n) is 4.61. The van der Waals surface area contributed by atoms with E-state index in [1.54, 1.807) is 0 Å². The Morgan fingerprint density at radius 2 is 1.68 bits per heavy atom. The Bertz CT molecular complexity index is 351. The lowest BCUT2D eigenvalue weighted by Gasteiger charge is -2.26. The Morgan fingerprint density at radius 3 is 2.16 bits per heavy atom. The van der Waals surface area contributed by atoms with Gasteiger partial charge in [-0.3, -0.25) is 4.79 Å². The molecule has 1 unspecified atom stereocenters. The third-order valence-electron chi connectivity index (χ3n) is 3.01. The summed E-state index contributed by atoms with van der Waals surface area (Å²) < 4.78 is 0. The van der Waals surface area contributed by atoms with Gasteiger partial charge in [0, 0.05) is 6.04 Å². The normalized spacial score (nSPS) is 24.3. The van der Waals surface area contributed by atoms with Gasteiger partial charge in [-0.1, -0.05) is 0 Å². The maximum atomic E-state index is 11.5. The Kier molecular flexibility index (Phi) is 5.56. The molecular weight excluding hydrogens is 256 g/mol. The number of aliphatic hydroxyl groups is 1. The van der Waals surface area contributed by atoms with Gasteiger partial charge in [-0.25, -0.2) is 9.59 Å². The monoisotopic (exact) mass is 274 g/mol. The van der Waals surface area contributed by atoms with Gasteiger partial charge in [0.25, 0.3) is 0 Å². The van der Waals surface area contributed by atoms with Crippen molar-refractivity contribution in [2.24, 2.45) is 0 Å². The molecule has 1 fully saturated rings. The van der Waals surface area contributed by atoms with Gasteiger partial charge in [-0.05, 0) is 25.7 Å². The zero-order valence-corrected chi connectivity index (χ0v) is 10.3. The summed E-state index contributed by atoms with van der Waals surface area (Å²) >= 11 is 0. The number of carboxylic acids is 2. The predicted octanol–water partition coefficient (Wildman–Crippen LogP) is -0.483. The van der Waals surface area contributed by atoms with E-state index in [0.29, 0.717) is 25.7 Å². The lowest BCUT2D eigenvalue weighted by molar-refractivity contribution is -0.145. The van der Waals surface area contributed by atoms with E-state index < -0.39 is 30.4 Å². The Labute approximate surface area is 109 Å².